The summed E-state index contributed by atoms with van der Waals surface area (Å²) in [7, 11) is -3.73. The van der Waals surface area contributed by atoms with Crippen LogP contribution in [0.2, 0.25) is 0 Å². The smallest absolute Gasteiger partial charge is 0.238 e. The fraction of sp³-hybridized carbons (Fsp3) is 0.0625. The van der Waals surface area contributed by atoms with Gasteiger partial charge in [-0.05, 0) is 42.3 Å². The average molecular weight is 331 g/mol. The van der Waals surface area contributed by atoms with Crippen LogP contribution in [0.15, 0.2) is 53.6 Å². The molecule has 5 nitrogen and oxygen atoms in total. The van der Waals surface area contributed by atoms with Gasteiger partial charge >= 0.3 is 0 Å². The lowest BCUT2D eigenvalue weighted by molar-refractivity contribution is 0.598. The van der Waals surface area contributed by atoms with Crippen molar-refractivity contribution in [2.24, 2.45) is 5.14 Å². The summed E-state index contributed by atoms with van der Waals surface area (Å²) in [6, 6.07) is 10.7. The third kappa shape index (κ3) is 3.01. The Morgan fingerprint density at radius 2 is 1.78 bits per heavy atom. The topological polar surface area (TPSA) is 88.8 Å². The Kier molecular flexibility index (Phi) is 3.75. The van der Waals surface area contributed by atoms with E-state index in [0.29, 0.717) is 0 Å². The van der Waals surface area contributed by atoms with Crippen LogP contribution in [-0.2, 0) is 10.0 Å². The van der Waals surface area contributed by atoms with E-state index >= 15 is 0 Å². The number of sulfonamides is 1. The standard InChI is InChI=1S/C16H14FN3O2S/c1-10-8-12(17)4-7-14(10)15-9-19-20-16(15)11-2-5-13(6-3-11)23(18,21)22/h2-9H,1H3,(H,19,20)(H2,18,21,22). The molecule has 1 aromatic heterocycles. The van der Waals surface area contributed by atoms with Crippen molar-refractivity contribution < 1.29 is 12.8 Å². The molecule has 0 atom stereocenters. The number of aryl methyl sites for hydroxylation is 1. The average Bonchev–Trinajstić information content (AvgIpc) is 2.95. The summed E-state index contributed by atoms with van der Waals surface area (Å²) < 4.78 is 35.9. The van der Waals surface area contributed by atoms with Crippen LogP contribution < -0.4 is 5.14 Å². The molecule has 0 aliphatic carbocycles. The molecular formula is C16H14FN3O2S. The molecule has 0 aliphatic heterocycles. The van der Waals surface area contributed by atoms with Crippen LogP contribution in [0.3, 0.4) is 0 Å². The van der Waals surface area contributed by atoms with Gasteiger partial charge in [0.15, 0.2) is 0 Å². The maximum absolute atomic E-state index is 13.3. The van der Waals surface area contributed by atoms with Gasteiger partial charge in [0.25, 0.3) is 0 Å². The van der Waals surface area contributed by atoms with E-state index in [2.05, 4.69) is 10.2 Å². The largest absolute Gasteiger partial charge is 0.277 e. The van der Waals surface area contributed by atoms with Gasteiger partial charge < -0.3 is 0 Å². The van der Waals surface area contributed by atoms with Crippen molar-refractivity contribution in [3.63, 3.8) is 0 Å². The van der Waals surface area contributed by atoms with E-state index in [9.17, 15) is 12.8 Å². The number of nitrogens with two attached hydrogens (primary N) is 1. The van der Waals surface area contributed by atoms with Crippen molar-refractivity contribution in [3.05, 3.63) is 60.0 Å². The fourth-order valence-corrected chi connectivity index (χ4v) is 2.97. The van der Waals surface area contributed by atoms with E-state index in [1.807, 2.05) is 6.92 Å². The second kappa shape index (κ2) is 5.60. The number of hydrogen-bond donors (Lipinski definition) is 2. The molecule has 3 N–H and O–H groups in total. The highest BCUT2D eigenvalue weighted by Gasteiger charge is 2.14. The van der Waals surface area contributed by atoms with Crippen molar-refractivity contribution in [2.45, 2.75) is 11.8 Å². The molecule has 23 heavy (non-hydrogen) atoms. The highest BCUT2D eigenvalue weighted by Crippen LogP contribution is 2.32. The van der Waals surface area contributed by atoms with Gasteiger partial charge in [0, 0.05) is 11.1 Å². The Balaban J connectivity index is 2.08. The van der Waals surface area contributed by atoms with Gasteiger partial charge in [-0.1, -0.05) is 18.2 Å². The number of nitrogens with zero attached hydrogens (tertiary/aromatic N) is 1. The second-order valence-corrected chi connectivity index (χ2v) is 6.75. The minimum atomic E-state index is -3.73. The molecule has 0 radical (unpaired) electrons. The summed E-state index contributed by atoms with van der Waals surface area (Å²) >= 11 is 0. The number of aromatic nitrogens is 2. The first kappa shape index (κ1) is 15.4. The molecular weight excluding hydrogens is 317 g/mol. The summed E-state index contributed by atoms with van der Waals surface area (Å²) in [4.78, 5) is 0.0419. The van der Waals surface area contributed by atoms with Crippen molar-refractivity contribution in [2.75, 3.05) is 0 Å². The minimum absolute atomic E-state index is 0.0419. The zero-order valence-electron chi connectivity index (χ0n) is 12.2. The zero-order valence-corrected chi connectivity index (χ0v) is 13.1. The molecule has 2 aromatic carbocycles. The Morgan fingerprint density at radius 1 is 1.09 bits per heavy atom. The molecule has 0 saturated carbocycles. The number of aromatic amines is 1. The summed E-state index contributed by atoms with van der Waals surface area (Å²) in [5.41, 5.74) is 3.93. The molecule has 0 spiro atoms. The van der Waals surface area contributed by atoms with Crippen molar-refractivity contribution >= 4 is 10.0 Å². The van der Waals surface area contributed by atoms with Crippen LogP contribution in [0, 0.1) is 12.7 Å². The summed E-state index contributed by atoms with van der Waals surface area (Å²) in [6.45, 7) is 1.82. The van der Waals surface area contributed by atoms with Crippen molar-refractivity contribution in [1.82, 2.24) is 10.2 Å². The van der Waals surface area contributed by atoms with Crippen LogP contribution in [-0.4, -0.2) is 18.6 Å². The number of H-pyrrole nitrogens is 1. The Bertz CT molecular complexity index is 963. The van der Waals surface area contributed by atoms with Crippen molar-refractivity contribution in [1.29, 1.82) is 0 Å². The van der Waals surface area contributed by atoms with Gasteiger partial charge in [0.05, 0.1) is 16.8 Å². The monoisotopic (exact) mass is 331 g/mol. The highest BCUT2D eigenvalue weighted by molar-refractivity contribution is 7.89. The zero-order chi connectivity index (χ0) is 16.6. The van der Waals surface area contributed by atoms with E-state index in [-0.39, 0.29) is 10.7 Å². The van der Waals surface area contributed by atoms with Gasteiger partial charge in [-0.2, -0.15) is 5.10 Å². The first-order valence-electron chi connectivity index (χ1n) is 6.79. The highest BCUT2D eigenvalue weighted by atomic mass is 32.2. The molecule has 0 saturated heterocycles. The second-order valence-electron chi connectivity index (χ2n) is 5.19. The molecule has 7 heteroatoms. The van der Waals surface area contributed by atoms with E-state index < -0.39 is 10.0 Å². The van der Waals surface area contributed by atoms with Gasteiger partial charge in [-0.3, -0.25) is 5.10 Å². The third-order valence-electron chi connectivity index (χ3n) is 3.59. The fourth-order valence-electron chi connectivity index (χ4n) is 2.45. The van der Waals surface area contributed by atoms with E-state index in [1.165, 1.54) is 24.3 Å². The Labute approximate surface area is 133 Å². The first-order chi connectivity index (χ1) is 10.9. The molecule has 3 rings (SSSR count). The van der Waals surface area contributed by atoms with Gasteiger partial charge in [-0.15, -0.1) is 0 Å². The summed E-state index contributed by atoms with van der Waals surface area (Å²) in [5.74, 6) is -0.297. The molecule has 0 bridgehead atoms. The lowest BCUT2D eigenvalue weighted by Gasteiger charge is -2.07. The number of halogens is 1. The third-order valence-corrected chi connectivity index (χ3v) is 4.52. The molecule has 0 fully saturated rings. The van der Waals surface area contributed by atoms with Crippen LogP contribution in [0.1, 0.15) is 5.56 Å². The van der Waals surface area contributed by atoms with Crippen LogP contribution in [0.4, 0.5) is 4.39 Å². The van der Waals surface area contributed by atoms with Crippen LogP contribution in [0.5, 0.6) is 0 Å². The molecule has 0 unspecified atom stereocenters. The number of benzene rings is 2. The maximum atomic E-state index is 13.3. The van der Waals surface area contributed by atoms with Gasteiger partial charge in [0.2, 0.25) is 10.0 Å². The molecule has 0 aliphatic rings. The lowest BCUT2D eigenvalue weighted by Crippen LogP contribution is -2.11. The molecule has 118 valence electrons. The quantitative estimate of drug-likeness (QED) is 0.773. The number of nitrogens with one attached hydrogen (secondary N) is 1. The molecule has 0 amide bonds. The Morgan fingerprint density at radius 3 is 2.39 bits per heavy atom. The lowest BCUT2D eigenvalue weighted by atomic mass is 9.98. The molecule has 1 heterocycles. The summed E-state index contributed by atoms with van der Waals surface area (Å²) in [5, 5.41) is 12.0. The van der Waals surface area contributed by atoms with Gasteiger partial charge in [-0.25, -0.2) is 17.9 Å². The number of primary sulfonamides is 1. The van der Waals surface area contributed by atoms with Gasteiger partial charge in [0.1, 0.15) is 5.82 Å². The number of rotatable bonds is 3. The molecule has 3 aromatic rings. The van der Waals surface area contributed by atoms with Crippen molar-refractivity contribution in [3.8, 4) is 22.4 Å². The van der Waals surface area contributed by atoms with Crippen LogP contribution >= 0.6 is 0 Å². The SMILES string of the molecule is Cc1cc(F)ccc1-c1cn[nH]c1-c1ccc(S(N)(=O)=O)cc1. The van der Waals surface area contributed by atoms with Crippen LogP contribution in [0.25, 0.3) is 22.4 Å². The summed E-state index contributed by atoms with van der Waals surface area (Å²) in [6.07, 6.45) is 1.66. The predicted octanol–water partition coefficient (Wildman–Crippen LogP) is 2.84. The Hall–Kier alpha value is -2.51. The van der Waals surface area contributed by atoms with E-state index in [0.717, 1.165) is 27.9 Å². The van der Waals surface area contributed by atoms with E-state index in [4.69, 9.17) is 5.14 Å². The van der Waals surface area contributed by atoms with E-state index in [1.54, 1.807) is 24.4 Å². The normalized spacial score (nSPS) is 11.6. The first-order valence-corrected chi connectivity index (χ1v) is 8.34. The number of hydrogen-bond acceptors (Lipinski definition) is 3. The predicted molar refractivity (Wildman–Crippen MR) is 85.5 cm³/mol. The minimum Gasteiger partial charge on any atom is -0.277 e. The maximum Gasteiger partial charge on any atom is 0.238 e.